The van der Waals surface area contributed by atoms with Gasteiger partial charge in [0.15, 0.2) is 0 Å². The summed E-state index contributed by atoms with van der Waals surface area (Å²) in [6.45, 7) is 3.51. The van der Waals surface area contributed by atoms with Gasteiger partial charge in [-0.05, 0) is 50.4 Å². The maximum absolute atomic E-state index is 9.00. The van der Waals surface area contributed by atoms with Crippen molar-refractivity contribution < 1.29 is 5.11 Å². The number of hydrogen-bond acceptors (Lipinski definition) is 3. The highest BCUT2D eigenvalue weighted by Gasteiger charge is 2.15. The van der Waals surface area contributed by atoms with Gasteiger partial charge in [-0.2, -0.15) is 0 Å². The Labute approximate surface area is 110 Å². The van der Waals surface area contributed by atoms with Gasteiger partial charge in [-0.25, -0.2) is 0 Å². The van der Waals surface area contributed by atoms with Crippen molar-refractivity contribution in [2.24, 2.45) is 0 Å². The Morgan fingerprint density at radius 3 is 2.72 bits per heavy atom. The first-order valence-electron chi connectivity index (χ1n) is 6.97. The fourth-order valence-corrected chi connectivity index (χ4v) is 2.60. The minimum absolute atomic E-state index is 0.113. The summed E-state index contributed by atoms with van der Waals surface area (Å²) in [4.78, 5) is 0. The topological polar surface area (TPSA) is 44.3 Å². The summed E-state index contributed by atoms with van der Waals surface area (Å²) in [7, 11) is 0. The first kappa shape index (κ1) is 13.4. The summed E-state index contributed by atoms with van der Waals surface area (Å²) in [6.07, 6.45) is 5.15. The largest absolute Gasteiger partial charge is 0.392 e. The first-order valence-corrected chi connectivity index (χ1v) is 6.97. The third-order valence-electron chi connectivity index (χ3n) is 3.60. The molecule has 1 aliphatic rings. The standard InChI is InChI=1S/C15H24N2O/c1-12(10-15-4-2-3-9-16-15)17-14-7-5-13(11-18)6-8-14/h5-8,12,15-18H,2-4,9-11H2,1H3. The molecule has 0 aromatic heterocycles. The molecule has 18 heavy (non-hydrogen) atoms. The van der Waals surface area contributed by atoms with Crippen molar-refractivity contribution in [3.63, 3.8) is 0 Å². The molecule has 1 fully saturated rings. The average molecular weight is 248 g/mol. The lowest BCUT2D eigenvalue weighted by atomic mass is 9.98. The molecular weight excluding hydrogens is 224 g/mol. The van der Waals surface area contributed by atoms with Crippen LogP contribution in [0.2, 0.25) is 0 Å². The van der Waals surface area contributed by atoms with Crippen LogP contribution in [0, 0.1) is 0 Å². The highest BCUT2D eigenvalue weighted by Crippen LogP contribution is 2.16. The van der Waals surface area contributed by atoms with Crippen LogP contribution in [0.4, 0.5) is 5.69 Å². The highest BCUT2D eigenvalue weighted by atomic mass is 16.3. The molecule has 0 spiro atoms. The molecular formula is C15H24N2O. The van der Waals surface area contributed by atoms with E-state index in [0.717, 1.165) is 11.3 Å². The van der Waals surface area contributed by atoms with E-state index in [1.807, 2.05) is 24.3 Å². The van der Waals surface area contributed by atoms with E-state index in [4.69, 9.17) is 5.11 Å². The number of benzene rings is 1. The predicted octanol–water partition coefficient (Wildman–Crippen LogP) is 2.51. The second-order valence-corrected chi connectivity index (χ2v) is 5.28. The van der Waals surface area contributed by atoms with Crippen LogP contribution in [0.1, 0.15) is 38.2 Å². The minimum Gasteiger partial charge on any atom is -0.392 e. The molecule has 0 bridgehead atoms. The number of aliphatic hydroxyl groups excluding tert-OH is 1. The molecule has 2 unspecified atom stereocenters. The molecule has 3 heteroatoms. The number of anilines is 1. The van der Waals surface area contributed by atoms with Crippen molar-refractivity contribution in [3.05, 3.63) is 29.8 Å². The molecule has 1 heterocycles. The Hall–Kier alpha value is -1.06. The molecule has 3 N–H and O–H groups in total. The summed E-state index contributed by atoms with van der Waals surface area (Å²) in [6, 6.07) is 9.15. The number of rotatable bonds is 5. The monoisotopic (exact) mass is 248 g/mol. The lowest BCUT2D eigenvalue weighted by Gasteiger charge is -2.27. The van der Waals surface area contributed by atoms with Crippen LogP contribution in [0.25, 0.3) is 0 Å². The van der Waals surface area contributed by atoms with E-state index in [1.54, 1.807) is 0 Å². The molecule has 0 radical (unpaired) electrons. The molecule has 1 aromatic rings. The number of hydrogen-bond donors (Lipinski definition) is 3. The van der Waals surface area contributed by atoms with E-state index in [2.05, 4.69) is 17.6 Å². The Morgan fingerprint density at radius 2 is 2.11 bits per heavy atom. The van der Waals surface area contributed by atoms with Gasteiger partial charge < -0.3 is 15.7 Å². The van der Waals surface area contributed by atoms with Crippen LogP contribution >= 0.6 is 0 Å². The van der Waals surface area contributed by atoms with Crippen LogP contribution in [0.5, 0.6) is 0 Å². The van der Waals surface area contributed by atoms with E-state index in [1.165, 1.54) is 32.2 Å². The quantitative estimate of drug-likeness (QED) is 0.750. The Morgan fingerprint density at radius 1 is 1.33 bits per heavy atom. The molecule has 2 atom stereocenters. The SMILES string of the molecule is CC(CC1CCCCN1)Nc1ccc(CO)cc1. The van der Waals surface area contributed by atoms with Crippen molar-refractivity contribution in [2.75, 3.05) is 11.9 Å². The Balaban J connectivity index is 1.80. The van der Waals surface area contributed by atoms with Gasteiger partial charge in [0.1, 0.15) is 0 Å². The Bertz CT molecular complexity index is 344. The van der Waals surface area contributed by atoms with Gasteiger partial charge in [0.05, 0.1) is 6.61 Å². The summed E-state index contributed by atoms with van der Waals surface area (Å²) >= 11 is 0. The van der Waals surface area contributed by atoms with E-state index in [0.29, 0.717) is 12.1 Å². The van der Waals surface area contributed by atoms with Gasteiger partial charge in [0.25, 0.3) is 0 Å². The lowest BCUT2D eigenvalue weighted by Crippen LogP contribution is -2.37. The van der Waals surface area contributed by atoms with Crippen LogP contribution in [-0.4, -0.2) is 23.7 Å². The zero-order valence-electron chi connectivity index (χ0n) is 11.2. The summed E-state index contributed by atoms with van der Waals surface area (Å²) in [5, 5.41) is 16.1. The van der Waals surface area contributed by atoms with Gasteiger partial charge in [0, 0.05) is 17.8 Å². The zero-order chi connectivity index (χ0) is 12.8. The molecule has 1 aliphatic heterocycles. The van der Waals surface area contributed by atoms with Crippen LogP contribution < -0.4 is 10.6 Å². The first-order chi connectivity index (χ1) is 8.78. The second kappa shape index (κ2) is 6.76. The molecule has 3 nitrogen and oxygen atoms in total. The number of aliphatic hydroxyl groups is 1. The molecule has 0 saturated carbocycles. The summed E-state index contributed by atoms with van der Waals surface area (Å²) in [5.41, 5.74) is 2.10. The van der Waals surface area contributed by atoms with E-state index < -0.39 is 0 Å². The lowest BCUT2D eigenvalue weighted by molar-refractivity contribution is 0.282. The molecule has 0 amide bonds. The van der Waals surface area contributed by atoms with Crippen LogP contribution in [0.3, 0.4) is 0 Å². The van der Waals surface area contributed by atoms with Gasteiger partial charge in [0.2, 0.25) is 0 Å². The normalized spacial score (nSPS) is 21.6. The van der Waals surface area contributed by atoms with E-state index >= 15 is 0 Å². The molecule has 0 aliphatic carbocycles. The average Bonchev–Trinajstić information content (AvgIpc) is 2.40. The van der Waals surface area contributed by atoms with Gasteiger partial charge in [-0.15, -0.1) is 0 Å². The summed E-state index contributed by atoms with van der Waals surface area (Å²) < 4.78 is 0. The van der Waals surface area contributed by atoms with Crippen LogP contribution in [0.15, 0.2) is 24.3 Å². The second-order valence-electron chi connectivity index (χ2n) is 5.28. The van der Waals surface area contributed by atoms with Gasteiger partial charge >= 0.3 is 0 Å². The fraction of sp³-hybridized carbons (Fsp3) is 0.600. The van der Waals surface area contributed by atoms with Gasteiger partial charge in [-0.3, -0.25) is 0 Å². The zero-order valence-corrected chi connectivity index (χ0v) is 11.2. The van der Waals surface area contributed by atoms with Crippen molar-refractivity contribution in [2.45, 2.75) is 51.3 Å². The van der Waals surface area contributed by atoms with Crippen molar-refractivity contribution in [1.29, 1.82) is 0 Å². The summed E-state index contributed by atoms with van der Waals surface area (Å²) in [5.74, 6) is 0. The number of piperidine rings is 1. The van der Waals surface area contributed by atoms with Crippen molar-refractivity contribution in [3.8, 4) is 0 Å². The molecule has 1 saturated heterocycles. The maximum atomic E-state index is 9.00. The highest BCUT2D eigenvalue weighted by molar-refractivity contribution is 5.45. The van der Waals surface area contributed by atoms with E-state index in [-0.39, 0.29) is 6.61 Å². The van der Waals surface area contributed by atoms with Crippen molar-refractivity contribution in [1.82, 2.24) is 5.32 Å². The third kappa shape index (κ3) is 4.00. The number of nitrogens with one attached hydrogen (secondary N) is 2. The fourth-order valence-electron chi connectivity index (χ4n) is 2.60. The molecule has 1 aromatic carbocycles. The minimum atomic E-state index is 0.113. The van der Waals surface area contributed by atoms with Gasteiger partial charge in [-0.1, -0.05) is 18.6 Å². The molecule has 2 rings (SSSR count). The smallest absolute Gasteiger partial charge is 0.0681 e. The van der Waals surface area contributed by atoms with E-state index in [9.17, 15) is 0 Å². The van der Waals surface area contributed by atoms with Crippen LogP contribution in [-0.2, 0) is 6.61 Å². The molecule has 100 valence electrons. The maximum Gasteiger partial charge on any atom is 0.0681 e. The third-order valence-corrected chi connectivity index (χ3v) is 3.60. The van der Waals surface area contributed by atoms with Crippen molar-refractivity contribution >= 4 is 5.69 Å². The Kier molecular flexibility index (Phi) is 5.02. The predicted molar refractivity (Wildman–Crippen MR) is 75.7 cm³/mol.